The van der Waals surface area contributed by atoms with E-state index in [1.54, 1.807) is 0 Å². The Hall–Kier alpha value is -0.830. The molecule has 0 spiro atoms. The van der Waals surface area contributed by atoms with Crippen LogP contribution in [0.25, 0.3) is 0 Å². The van der Waals surface area contributed by atoms with E-state index in [4.69, 9.17) is 0 Å². The minimum absolute atomic E-state index is 0.636. The summed E-state index contributed by atoms with van der Waals surface area (Å²) in [5.74, 6) is -1.25. The van der Waals surface area contributed by atoms with Gasteiger partial charge in [-0.25, -0.2) is 0 Å². The average molecular weight is 227 g/mol. The number of unbranched alkanes of at least 4 members (excludes halogenated alkanes) is 6. The number of hydrogen-bond donors (Lipinski definition) is 1. The molecular formula is C13H23O3-. The van der Waals surface area contributed by atoms with Gasteiger partial charge in [0.15, 0.2) is 0 Å². The summed E-state index contributed by atoms with van der Waals surface area (Å²) < 4.78 is 0. The van der Waals surface area contributed by atoms with Crippen LogP contribution in [0.5, 0.6) is 0 Å². The summed E-state index contributed by atoms with van der Waals surface area (Å²) >= 11 is 0. The van der Waals surface area contributed by atoms with E-state index in [0.29, 0.717) is 6.42 Å². The molecule has 0 aliphatic carbocycles. The van der Waals surface area contributed by atoms with Gasteiger partial charge in [-0.15, -0.1) is 0 Å². The summed E-state index contributed by atoms with van der Waals surface area (Å²) in [6.07, 6.45) is 10.6. The number of aliphatic hydroxyl groups excluding tert-OH is 1. The smallest absolute Gasteiger partial charge is 0.0724 e. The molecule has 0 aromatic rings. The average Bonchev–Trinajstić information content (AvgIpc) is 2.25. The van der Waals surface area contributed by atoms with Crippen LogP contribution in [0.1, 0.15) is 58.3 Å². The number of aliphatic carboxylic acids is 1. The minimum atomic E-state index is -1.25. The van der Waals surface area contributed by atoms with Gasteiger partial charge in [0, 0.05) is 0 Å². The summed E-state index contributed by atoms with van der Waals surface area (Å²) in [5.41, 5.74) is 0. The van der Waals surface area contributed by atoms with Gasteiger partial charge < -0.3 is 15.0 Å². The SMILES string of the molecule is CCCCCCCCCC(O)/C=C/C(=O)[O-]. The Morgan fingerprint density at radius 3 is 2.31 bits per heavy atom. The molecule has 0 saturated carbocycles. The third-order valence-corrected chi connectivity index (χ3v) is 2.56. The first-order chi connectivity index (χ1) is 7.66. The Balaban J connectivity index is 3.27. The van der Waals surface area contributed by atoms with E-state index in [1.165, 1.54) is 38.2 Å². The number of rotatable bonds is 10. The van der Waals surface area contributed by atoms with Crippen LogP contribution in [0.3, 0.4) is 0 Å². The topological polar surface area (TPSA) is 60.4 Å². The van der Waals surface area contributed by atoms with Crippen molar-refractivity contribution in [1.29, 1.82) is 0 Å². The van der Waals surface area contributed by atoms with E-state index in [1.807, 2.05) is 0 Å². The normalized spacial score (nSPS) is 13.1. The number of carboxylic acids is 1. The van der Waals surface area contributed by atoms with Crippen LogP contribution in [0.2, 0.25) is 0 Å². The lowest BCUT2D eigenvalue weighted by molar-refractivity contribution is -0.297. The Morgan fingerprint density at radius 2 is 1.75 bits per heavy atom. The first-order valence-corrected chi connectivity index (χ1v) is 6.24. The van der Waals surface area contributed by atoms with Crippen LogP contribution < -0.4 is 5.11 Å². The van der Waals surface area contributed by atoms with Crippen molar-refractivity contribution in [3.8, 4) is 0 Å². The van der Waals surface area contributed by atoms with Crippen molar-refractivity contribution in [3.05, 3.63) is 12.2 Å². The molecule has 94 valence electrons. The van der Waals surface area contributed by atoms with Crippen molar-refractivity contribution in [1.82, 2.24) is 0 Å². The second-order valence-electron chi connectivity index (χ2n) is 4.16. The van der Waals surface area contributed by atoms with Crippen LogP contribution >= 0.6 is 0 Å². The van der Waals surface area contributed by atoms with Gasteiger partial charge in [0.2, 0.25) is 0 Å². The molecule has 3 heteroatoms. The monoisotopic (exact) mass is 227 g/mol. The molecule has 1 unspecified atom stereocenters. The quantitative estimate of drug-likeness (QED) is 0.457. The van der Waals surface area contributed by atoms with Crippen molar-refractivity contribution in [2.45, 2.75) is 64.4 Å². The highest BCUT2D eigenvalue weighted by atomic mass is 16.4. The maximum absolute atomic E-state index is 10.1. The first-order valence-electron chi connectivity index (χ1n) is 6.24. The van der Waals surface area contributed by atoms with Crippen molar-refractivity contribution < 1.29 is 15.0 Å². The fourth-order valence-electron chi connectivity index (χ4n) is 1.60. The Labute approximate surface area is 98.2 Å². The van der Waals surface area contributed by atoms with Gasteiger partial charge in [-0.1, -0.05) is 57.9 Å². The lowest BCUT2D eigenvalue weighted by Gasteiger charge is -2.05. The molecule has 0 fully saturated rings. The maximum Gasteiger partial charge on any atom is 0.0724 e. The van der Waals surface area contributed by atoms with Crippen molar-refractivity contribution in [3.63, 3.8) is 0 Å². The van der Waals surface area contributed by atoms with E-state index in [-0.39, 0.29) is 0 Å². The lowest BCUT2D eigenvalue weighted by atomic mass is 10.1. The third-order valence-electron chi connectivity index (χ3n) is 2.56. The van der Waals surface area contributed by atoms with Gasteiger partial charge in [-0.05, 0) is 12.5 Å². The largest absolute Gasteiger partial charge is 0.545 e. The van der Waals surface area contributed by atoms with Crippen LogP contribution in [0.4, 0.5) is 0 Å². The Kier molecular flexibility index (Phi) is 10.1. The molecule has 16 heavy (non-hydrogen) atoms. The molecule has 0 bridgehead atoms. The number of carbonyl (C=O) groups excluding carboxylic acids is 1. The van der Waals surface area contributed by atoms with Crippen LogP contribution in [0.15, 0.2) is 12.2 Å². The summed E-state index contributed by atoms with van der Waals surface area (Å²) in [6.45, 7) is 2.19. The predicted molar refractivity (Wildman–Crippen MR) is 62.8 cm³/mol. The van der Waals surface area contributed by atoms with Crippen LogP contribution in [0, 0.1) is 0 Å². The standard InChI is InChI=1S/C13H24O3/c1-2-3-4-5-6-7-8-9-12(14)10-11-13(15)16/h10-12,14H,2-9H2,1H3,(H,15,16)/p-1/b11-10+. The molecule has 0 radical (unpaired) electrons. The molecule has 0 saturated heterocycles. The Bertz CT molecular complexity index is 199. The number of aliphatic hydroxyl groups is 1. The van der Waals surface area contributed by atoms with Gasteiger partial charge >= 0.3 is 0 Å². The fourth-order valence-corrected chi connectivity index (χ4v) is 1.60. The molecule has 0 aromatic carbocycles. The third kappa shape index (κ3) is 11.2. The molecule has 1 atom stereocenters. The van der Waals surface area contributed by atoms with E-state index in [9.17, 15) is 15.0 Å². The van der Waals surface area contributed by atoms with Gasteiger partial charge in [-0.2, -0.15) is 0 Å². The predicted octanol–water partition coefficient (Wildman–Crippen LogP) is 1.79. The summed E-state index contributed by atoms with van der Waals surface area (Å²) in [5, 5.41) is 19.4. The highest BCUT2D eigenvalue weighted by Crippen LogP contribution is 2.10. The van der Waals surface area contributed by atoms with E-state index in [0.717, 1.165) is 18.9 Å². The van der Waals surface area contributed by atoms with Crippen molar-refractivity contribution >= 4 is 5.97 Å². The summed E-state index contributed by atoms with van der Waals surface area (Å²) in [4.78, 5) is 10.1. The van der Waals surface area contributed by atoms with Gasteiger partial charge in [0.1, 0.15) is 0 Å². The number of carboxylic acid groups (broad SMARTS) is 1. The minimum Gasteiger partial charge on any atom is -0.545 e. The first kappa shape index (κ1) is 15.2. The molecular weight excluding hydrogens is 204 g/mol. The molecule has 0 aliphatic heterocycles. The van der Waals surface area contributed by atoms with Gasteiger partial charge in [0.25, 0.3) is 0 Å². The van der Waals surface area contributed by atoms with Gasteiger partial charge in [0.05, 0.1) is 12.1 Å². The second kappa shape index (κ2) is 10.7. The zero-order valence-electron chi connectivity index (χ0n) is 10.2. The fraction of sp³-hybridized carbons (Fsp3) is 0.769. The van der Waals surface area contributed by atoms with Crippen LogP contribution in [-0.4, -0.2) is 17.2 Å². The highest BCUT2D eigenvalue weighted by molar-refractivity contribution is 5.77. The zero-order chi connectivity index (χ0) is 12.2. The number of hydrogen-bond acceptors (Lipinski definition) is 3. The highest BCUT2D eigenvalue weighted by Gasteiger charge is 1.98. The molecule has 0 aromatic heterocycles. The van der Waals surface area contributed by atoms with Crippen LogP contribution in [-0.2, 0) is 4.79 Å². The van der Waals surface area contributed by atoms with E-state index >= 15 is 0 Å². The zero-order valence-corrected chi connectivity index (χ0v) is 10.2. The molecule has 1 N–H and O–H groups in total. The summed E-state index contributed by atoms with van der Waals surface area (Å²) in [6, 6.07) is 0. The molecule has 0 heterocycles. The summed E-state index contributed by atoms with van der Waals surface area (Å²) in [7, 11) is 0. The molecule has 0 aliphatic rings. The van der Waals surface area contributed by atoms with Crippen molar-refractivity contribution in [2.75, 3.05) is 0 Å². The second-order valence-corrected chi connectivity index (χ2v) is 4.16. The van der Waals surface area contributed by atoms with Crippen molar-refractivity contribution in [2.24, 2.45) is 0 Å². The molecule has 3 nitrogen and oxygen atoms in total. The number of carbonyl (C=O) groups is 1. The molecule has 0 rings (SSSR count). The maximum atomic E-state index is 10.1. The molecule has 0 amide bonds. The lowest BCUT2D eigenvalue weighted by Crippen LogP contribution is -2.19. The van der Waals surface area contributed by atoms with E-state index in [2.05, 4.69) is 6.92 Å². The Morgan fingerprint density at radius 1 is 1.19 bits per heavy atom. The van der Waals surface area contributed by atoms with Gasteiger partial charge in [-0.3, -0.25) is 0 Å². The van der Waals surface area contributed by atoms with E-state index < -0.39 is 12.1 Å².